The van der Waals surface area contributed by atoms with Gasteiger partial charge in [0, 0.05) is 6.20 Å². The van der Waals surface area contributed by atoms with Crippen LogP contribution in [0.4, 0.5) is 0 Å². The van der Waals surface area contributed by atoms with E-state index < -0.39 is 6.10 Å². The Hall–Kier alpha value is -1.40. The Morgan fingerprint density at radius 2 is 2.36 bits per heavy atom. The minimum Gasteiger partial charge on any atom is -0.373 e. The van der Waals surface area contributed by atoms with Gasteiger partial charge in [-0.1, -0.05) is 6.07 Å². The fourth-order valence-electron chi connectivity index (χ4n) is 0.707. The molecule has 11 heavy (non-hydrogen) atoms. The summed E-state index contributed by atoms with van der Waals surface area (Å²) < 4.78 is 0. The monoisotopic (exact) mass is 148 g/mol. The number of hydrogen-bond donors (Lipinski definition) is 1. The van der Waals surface area contributed by atoms with Gasteiger partial charge in [-0.15, -0.1) is 0 Å². The Kier molecular flexibility index (Phi) is 2.19. The van der Waals surface area contributed by atoms with Crippen molar-refractivity contribution in [1.29, 1.82) is 5.26 Å². The van der Waals surface area contributed by atoms with Crippen molar-refractivity contribution in [2.75, 3.05) is 0 Å². The predicted molar refractivity (Wildman–Crippen MR) is 39.5 cm³/mol. The van der Waals surface area contributed by atoms with Crippen LogP contribution in [0, 0.1) is 18.3 Å². The van der Waals surface area contributed by atoms with Crippen molar-refractivity contribution in [2.24, 2.45) is 0 Å². The highest BCUT2D eigenvalue weighted by molar-refractivity contribution is 5.17. The predicted octanol–water partition coefficient (Wildman–Crippen LogP) is 0.947. The van der Waals surface area contributed by atoms with Crippen molar-refractivity contribution in [3.63, 3.8) is 0 Å². The van der Waals surface area contributed by atoms with Crippen LogP contribution in [0.5, 0.6) is 0 Å². The summed E-state index contributed by atoms with van der Waals surface area (Å²) in [5.74, 6) is 0. The molecule has 0 aliphatic heterocycles. The normalized spacial score (nSPS) is 12.1. The number of hydrogen-bond acceptors (Lipinski definition) is 3. The fraction of sp³-hybridized carbons (Fsp3) is 0.250. The first-order chi connectivity index (χ1) is 5.24. The molecular formula is C8H8N2O. The summed E-state index contributed by atoms with van der Waals surface area (Å²) in [6.07, 6.45) is 0.520. The third-order valence-corrected chi connectivity index (χ3v) is 1.34. The zero-order valence-electron chi connectivity index (χ0n) is 6.15. The van der Waals surface area contributed by atoms with Gasteiger partial charge in [0.1, 0.15) is 6.07 Å². The zero-order chi connectivity index (χ0) is 8.27. The Balaban J connectivity index is 2.92. The molecule has 0 radical (unpaired) electrons. The summed E-state index contributed by atoms with van der Waals surface area (Å²) in [5.41, 5.74) is 1.41. The van der Waals surface area contributed by atoms with Crippen LogP contribution in [0.2, 0.25) is 0 Å². The first kappa shape index (κ1) is 7.70. The molecule has 0 aliphatic carbocycles. The average molecular weight is 148 g/mol. The molecule has 1 atom stereocenters. The van der Waals surface area contributed by atoms with Crippen molar-refractivity contribution < 1.29 is 5.11 Å². The summed E-state index contributed by atoms with van der Waals surface area (Å²) in [4.78, 5) is 3.88. The van der Waals surface area contributed by atoms with E-state index in [1.807, 2.05) is 13.0 Å². The van der Waals surface area contributed by atoms with Crippen molar-refractivity contribution >= 4 is 0 Å². The molecule has 0 saturated carbocycles. The standard InChI is InChI=1S/C8H8N2O/c1-6-2-3-7(10-5-6)8(11)4-9/h2-3,5,8,11H,1H3/t8-/m1/s1. The molecule has 0 spiro atoms. The van der Waals surface area contributed by atoms with E-state index in [1.165, 1.54) is 0 Å². The molecule has 0 amide bonds. The van der Waals surface area contributed by atoms with Gasteiger partial charge in [0.15, 0.2) is 6.10 Å². The van der Waals surface area contributed by atoms with E-state index >= 15 is 0 Å². The maximum Gasteiger partial charge on any atom is 0.182 e. The minimum absolute atomic E-state index is 0.401. The molecule has 1 heterocycles. The average Bonchev–Trinajstić information content (AvgIpc) is 2.05. The van der Waals surface area contributed by atoms with Crippen LogP contribution in [0.25, 0.3) is 0 Å². The number of rotatable bonds is 1. The Morgan fingerprint density at radius 1 is 1.64 bits per heavy atom. The molecule has 3 heteroatoms. The SMILES string of the molecule is Cc1ccc([C@H](O)C#N)nc1. The van der Waals surface area contributed by atoms with Crippen LogP contribution < -0.4 is 0 Å². The summed E-state index contributed by atoms with van der Waals surface area (Å²) in [5, 5.41) is 17.3. The highest BCUT2D eigenvalue weighted by Crippen LogP contribution is 2.07. The number of aromatic nitrogens is 1. The maximum absolute atomic E-state index is 9.00. The maximum atomic E-state index is 9.00. The lowest BCUT2D eigenvalue weighted by Gasteiger charge is -1.99. The first-order valence-electron chi connectivity index (χ1n) is 3.24. The molecule has 0 aromatic carbocycles. The van der Waals surface area contributed by atoms with Gasteiger partial charge in [-0.2, -0.15) is 5.26 Å². The summed E-state index contributed by atoms with van der Waals surface area (Å²) in [6.45, 7) is 1.90. The molecular weight excluding hydrogens is 140 g/mol. The molecule has 0 bridgehead atoms. The van der Waals surface area contributed by atoms with E-state index in [-0.39, 0.29) is 0 Å². The van der Waals surface area contributed by atoms with E-state index in [0.29, 0.717) is 5.69 Å². The Bertz CT molecular complexity index is 273. The molecule has 1 aromatic heterocycles. The van der Waals surface area contributed by atoms with Crippen LogP contribution in [-0.2, 0) is 0 Å². The highest BCUT2D eigenvalue weighted by Gasteiger charge is 2.04. The molecule has 0 fully saturated rings. The largest absolute Gasteiger partial charge is 0.373 e. The quantitative estimate of drug-likeness (QED) is 0.603. The number of aliphatic hydroxyl groups is 1. The van der Waals surface area contributed by atoms with E-state index in [1.54, 1.807) is 18.3 Å². The van der Waals surface area contributed by atoms with Gasteiger partial charge in [0.2, 0.25) is 0 Å². The van der Waals surface area contributed by atoms with E-state index in [4.69, 9.17) is 10.4 Å². The van der Waals surface area contributed by atoms with E-state index in [0.717, 1.165) is 5.56 Å². The van der Waals surface area contributed by atoms with Gasteiger partial charge < -0.3 is 5.11 Å². The van der Waals surface area contributed by atoms with E-state index in [9.17, 15) is 0 Å². The molecule has 0 aliphatic rings. The van der Waals surface area contributed by atoms with Crippen LogP contribution in [0.15, 0.2) is 18.3 Å². The van der Waals surface area contributed by atoms with Gasteiger partial charge in [-0.3, -0.25) is 4.98 Å². The number of aliphatic hydroxyl groups excluding tert-OH is 1. The number of aryl methyl sites for hydroxylation is 1. The molecule has 0 saturated heterocycles. The number of pyridine rings is 1. The number of nitriles is 1. The third-order valence-electron chi connectivity index (χ3n) is 1.34. The molecule has 3 nitrogen and oxygen atoms in total. The first-order valence-corrected chi connectivity index (χ1v) is 3.24. The second kappa shape index (κ2) is 3.13. The van der Waals surface area contributed by atoms with Gasteiger partial charge in [-0.05, 0) is 18.6 Å². The molecule has 56 valence electrons. The van der Waals surface area contributed by atoms with Gasteiger partial charge in [-0.25, -0.2) is 0 Å². The Morgan fingerprint density at radius 3 is 2.82 bits per heavy atom. The molecule has 1 aromatic rings. The van der Waals surface area contributed by atoms with E-state index in [2.05, 4.69) is 4.98 Å². The molecule has 1 N–H and O–H groups in total. The Labute approximate surface area is 64.9 Å². The second-order valence-corrected chi connectivity index (χ2v) is 2.29. The summed E-state index contributed by atoms with van der Waals surface area (Å²) in [7, 11) is 0. The zero-order valence-corrected chi connectivity index (χ0v) is 6.15. The minimum atomic E-state index is -1.10. The van der Waals surface area contributed by atoms with Gasteiger partial charge in [0.25, 0.3) is 0 Å². The topological polar surface area (TPSA) is 56.9 Å². The summed E-state index contributed by atoms with van der Waals surface area (Å²) in [6, 6.07) is 5.14. The lowest BCUT2D eigenvalue weighted by atomic mass is 10.2. The van der Waals surface area contributed by atoms with Crippen LogP contribution in [0.3, 0.4) is 0 Å². The van der Waals surface area contributed by atoms with Crippen LogP contribution >= 0.6 is 0 Å². The third kappa shape index (κ3) is 1.76. The van der Waals surface area contributed by atoms with Crippen LogP contribution in [-0.4, -0.2) is 10.1 Å². The van der Waals surface area contributed by atoms with Crippen molar-refractivity contribution in [1.82, 2.24) is 4.98 Å². The second-order valence-electron chi connectivity index (χ2n) is 2.29. The van der Waals surface area contributed by atoms with Gasteiger partial charge >= 0.3 is 0 Å². The number of nitrogens with zero attached hydrogens (tertiary/aromatic N) is 2. The van der Waals surface area contributed by atoms with Gasteiger partial charge in [0.05, 0.1) is 5.69 Å². The smallest absolute Gasteiger partial charge is 0.182 e. The van der Waals surface area contributed by atoms with Crippen molar-refractivity contribution in [3.8, 4) is 6.07 Å². The highest BCUT2D eigenvalue weighted by atomic mass is 16.3. The van der Waals surface area contributed by atoms with Crippen molar-refractivity contribution in [3.05, 3.63) is 29.6 Å². The fourth-order valence-corrected chi connectivity index (χ4v) is 0.707. The summed E-state index contributed by atoms with van der Waals surface area (Å²) >= 11 is 0. The lowest BCUT2D eigenvalue weighted by molar-refractivity contribution is 0.231. The lowest BCUT2D eigenvalue weighted by Crippen LogP contribution is -1.96. The molecule has 1 rings (SSSR count). The molecule has 0 unspecified atom stereocenters. The van der Waals surface area contributed by atoms with Crippen LogP contribution in [0.1, 0.15) is 17.4 Å². The van der Waals surface area contributed by atoms with Crippen molar-refractivity contribution in [2.45, 2.75) is 13.0 Å².